The number of carbonyl (C=O) groups is 1. The minimum Gasteiger partial charge on any atom is -0.319 e. The van der Waals surface area contributed by atoms with Crippen molar-refractivity contribution >= 4 is 39.1 Å². The van der Waals surface area contributed by atoms with Crippen molar-refractivity contribution in [2.45, 2.75) is 0 Å². The maximum Gasteiger partial charge on any atom is 0.274 e. The molecule has 0 bridgehead atoms. The van der Waals surface area contributed by atoms with Crippen LogP contribution in [-0.4, -0.2) is 15.9 Å². The number of nitrogens with zero attached hydrogens (tertiary/aromatic N) is 3. The van der Waals surface area contributed by atoms with E-state index in [1.54, 1.807) is 6.07 Å². The molecule has 0 aliphatic rings. The molecule has 0 unspecified atom stereocenters. The number of hydrogen-bond acceptors (Lipinski definition) is 4. The SMILES string of the molecule is N#Cc1ccc(C(=O)Nc2cnc(Cl)c(Br)c2)nc1. The maximum atomic E-state index is 11.9. The van der Waals surface area contributed by atoms with Crippen LogP contribution in [0.1, 0.15) is 16.1 Å². The molecule has 0 spiro atoms. The van der Waals surface area contributed by atoms with Gasteiger partial charge in [0, 0.05) is 6.20 Å². The third-order valence-electron chi connectivity index (χ3n) is 2.18. The van der Waals surface area contributed by atoms with Gasteiger partial charge < -0.3 is 5.32 Å². The summed E-state index contributed by atoms with van der Waals surface area (Å²) in [6.07, 6.45) is 2.78. The summed E-state index contributed by atoms with van der Waals surface area (Å²) in [5.74, 6) is -0.388. The number of hydrogen-bond donors (Lipinski definition) is 1. The summed E-state index contributed by atoms with van der Waals surface area (Å²) >= 11 is 8.97. The van der Waals surface area contributed by atoms with Gasteiger partial charge >= 0.3 is 0 Å². The van der Waals surface area contributed by atoms with Crippen molar-refractivity contribution < 1.29 is 4.79 Å². The summed E-state index contributed by atoms with van der Waals surface area (Å²) in [5.41, 5.74) is 1.10. The van der Waals surface area contributed by atoms with E-state index in [9.17, 15) is 4.79 Å². The second kappa shape index (κ2) is 5.78. The third kappa shape index (κ3) is 3.28. The first-order chi connectivity index (χ1) is 9.10. The van der Waals surface area contributed by atoms with Gasteiger partial charge in [-0.3, -0.25) is 4.79 Å². The fourth-order valence-electron chi connectivity index (χ4n) is 1.28. The summed E-state index contributed by atoms with van der Waals surface area (Å²) in [7, 11) is 0. The van der Waals surface area contributed by atoms with E-state index in [1.165, 1.54) is 24.5 Å². The Bertz CT molecular complexity index is 666. The van der Waals surface area contributed by atoms with Crippen LogP contribution in [0.3, 0.4) is 0 Å². The summed E-state index contributed by atoms with van der Waals surface area (Å²) in [6.45, 7) is 0. The molecule has 7 heteroatoms. The maximum absolute atomic E-state index is 11.9. The number of nitriles is 1. The van der Waals surface area contributed by atoms with Crippen molar-refractivity contribution in [2.75, 3.05) is 5.32 Å². The molecule has 2 aromatic rings. The van der Waals surface area contributed by atoms with E-state index in [-0.39, 0.29) is 11.6 Å². The Morgan fingerprint density at radius 3 is 2.74 bits per heavy atom. The number of carbonyl (C=O) groups excluding carboxylic acids is 1. The Hall–Kier alpha value is -1.97. The highest BCUT2D eigenvalue weighted by Crippen LogP contribution is 2.23. The molecule has 0 aliphatic heterocycles. The van der Waals surface area contributed by atoms with Gasteiger partial charge in [0.1, 0.15) is 16.9 Å². The monoisotopic (exact) mass is 336 g/mol. The number of nitrogens with one attached hydrogen (secondary N) is 1. The van der Waals surface area contributed by atoms with Crippen LogP contribution in [0, 0.1) is 11.3 Å². The molecule has 5 nitrogen and oxygen atoms in total. The molecule has 0 fully saturated rings. The average molecular weight is 338 g/mol. The molecule has 0 aromatic carbocycles. The average Bonchev–Trinajstić information content (AvgIpc) is 2.43. The van der Waals surface area contributed by atoms with Crippen molar-refractivity contribution in [1.82, 2.24) is 9.97 Å². The van der Waals surface area contributed by atoms with E-state index in [0.29, 0.717) is 20.9 Å². The van der Waals surface area contributed by atoms with Crippen LogP contribution in [0.5, 0.6) is 0 Å². The van der Waals surface area contributed by atoms with Crippen molar-refractivity contribution in [3.63, 3.8) is 0 Å². The zero-order chi connectivity index (χ0) is 13.8. The topological polar surface area (TPSA) is 78.7 Å². The zero-order valence-electron chi connectivity index (χ0n) is 9.39. The highest BCUT2D eigenvalue weighted by atomic mass is 79.9. The van der Waals surface area contributed by atoms with Gasteiger partial charge in [-0.05, 0) is 34.1 Å². The lowest BCUT2D eigenvalue weighted by molar-refractivity contribution is 0.102. The first-order valence-corrected chi connectivity index (χ1v) is 6.26. The van der Waals surface area contributed by atoms with Crippen molar-refractivity contribution in [1.29, 1.82) is 5.26 Å². The first kappa shape index (κ1) is 13.5. The van der Waals surface area contributed by atoms with Gasteiger partial charge in [0.15, 0.2) is 0 Å². The Morgan fingerprint density at radius 1 is 1.37 bits per heavy atom. The van der Waals surface area contributed by atoms with Crippen molar-refractivity contribution in [2.24, 2.45) is 0 Å². The van der Waals surface area contributed by atoms with E-state index in [2.05, 4.69) is 31.2 Å². The third-order valence-corrected chi connectivity index (χ3v) is 3.31. The zero-order valence-corrected chi connectivity index (χ0v) is 11.7. The summed E-state index contributed by atoms with van der Waals surface area (Å²) in [6, 6.07) is 6.57. The number of aromatic nitrogens is 2. The standard InChI is InChI=1S/C12H6BrClN4O/c13-9-3-8(6-17-11(9)14)18-12(19)10-2-1-7(4-15)5-16-10/h1-3,5-6H,(H,18,19). The lowest BCUT2D eigenvalue weighted by Gasteiger charge is -2.05. The molecule has 19 heavy (non-hydrogen) atoms. The molecule has 2 heterocycles. The van der Waals surface area contributed by atoms with Crippen LogP contribution >= 0.6 is 27.5 Å². The van der Waals surface area contributed by atoms with E-state index >= 15 is 0 Å². The molecular formula is C12H6BrClN4O. The van der Waals surface area contributed by atoms with E-state index < -0.39 is 0 Å². The molecule has 2 aromatic heterocycles. The van der Waals surface area contributed by atoms with Gasteiger partial charge in [-0.25, -0.2) is 9.97 Å². The van der Waals surface area contributed by atoms with Gasteiger partial charge in [0.25, 0.3) is 5.91 Å². The van der Waals surface area contributed by atoms with Crippen LogP contribution in [0.15, 0.2) is 35.1 Å². The highest BCUT2D eigenvalue weighted by molar-refractivity contribution is 9.10. The minimum absolute atomic E-state index is 0.213. The van der Waals surface area contributed by atoms with Crippen LogP contribution in [0.25, 0.3) is 0 Å². The highest BCUT2D eigenvalue weighted by Gasteiger charge is 2.09. The van der Waals surface area contributed by atoms with Crippen LogP contribution in [0.2, 0.25) is 5.15 Å². The first-order valence-electron chi connectivity index (χ1n) is 5.08. The van der Waals surface area contributed by atoms with Gasteiger partial charge in [0.2, 0.25) is 0 Å². The molecule has 2 rings (SSSR count). The second-order valence-electron chi connectivity index (χ2n) is 3.49. The molecule has 94 valence electrons. The normalized spacial score (nSPS) is 9.74. The number of pyridine rings is 2. The van der Waals surface area contributed by atoms with Crippen LogP contribution < -0.4 is 5.32 Å². The quantitative estimate of drug-likeness (QED) is 0.854. The predicted octanol–water partition coefficient (Wildman–Crippen LogP) is 3.02. The van der Waals surface area contributed by atoms with E-state index in [4.69, 9.17) is 16.9 Å². The molecular weight excluding hydrogens is 332 g/mol. The minimum atomic E-state index is -0.388. The largest absolute Gasteiger partial charge is 0.319 e. The summed E-state index contributed by atoms with van der Waals surface area (Å²) in [5, 5.41) is 11.6. The molecule has 0 atom stereocenters. The Balaban J connectivity index is 2.16. The number of amides is 1. The Morgan fingerprint density at radius 2 is 2.16 bits per heavy atom. The smallest absolute Gasteiger partial charge is 0.274 e. The lowest BCUT2D eigenvalue weighted by atomic mass is 10.2. The fraction of sp³-hybridized carbons (Fsp3) is 0. The Labute approximate surface area is 122 Å². The number of anilines is 1. The van der Waals surface area contributed by atoms with Gasteiger partial charge in [-0.2, -0.15) is 5.26 Å². The van der Waals surface area contributed by atoms with Crippen molar-refractivity contribution in [3.8, 4) is 6.07 Å². The molecule has 0 saturated carbocycles. The number of halogens is 2. The molecule has 1 N–H and O–H groups in total. The van der Waals surface area contributed by atoms with Gasteiger partial charge in [0.05, 0.1) is 21.9 Å². The van der Waals surface area contributed by atoms with Gasteiger partial charge in [-0.1, -0.05) is 11.6 Å². The second-order valence-corrected chi connectivity index (χ2v) is 4.71. The number of rotatable bonds is 2. The Kier molecular flexibility index (Phi) is 4.10. The van der Waals surface area contributed by atoms with E-state index in [0.717, 1.165) is 0 Å². The van der Waals surface area contributed by atoms with Crippen molar-refractivity contribution in [3.05, 3.63) is 51.5 Å². The van der Waals surface area contributed by atoms with E-state index in [1.807, 2.05) is 6.07 Å². The predicted molar refractivity (Wildman–Crippen MR) is 73.9 cm³/mol. The van der Waals surface area contributed by atoms with Crippen LogP contribution in [-0.2, 0) is 0 Å². The summed E-state index contributed by atoms with van der Waals surface area (Å²) in [4.78, 5) is 19.7. The lowest BCUT2D eigenvalue weighted by Crippen LogP contribution is -2.13. The molecule has 0 saturated heterocycles. The molecule has 1 amide bonds. The van der Waals surface area contributed by atoms with Gasteiger partial charge in [-0.15, -0.1) is 0 Å². The molecule has 0 radical (unpaired) electrons. The van der Waals surface area contributed by atoms with Crippen LogP contribution in [0.4, 0.5) is 5.69 Å². The summed E-state index contributed by atoms with van der Waals surface area (Å²) < 4.78 is 0.583. The molecule has 0 aliphatic carbocycles. The fourth-order valence-corrected chi connectivity index (χ4v) is 1.73.